The summed E-state index contributed by atoms with van der Waals surface area (Å²) in [7, 11) is 1.54. The minimum absolute atomic E-state index is 0.227. The Labute approximate surface area is 224 Å². The van der Waals surface area contributed by atoms with E-state index in [-0.39, 0.29) is 6.42 Å². The van der Waals surface area contributed by atoms with E-state index in [0.717, 1.165) is 30.4 Å². The largest absolute Gasteiger partial charge is 0.496 e. The van der Waals surface area contributed by atoms with Gasteiger partial charge in [-0.15, -0.1) is 0 Å². The van der Waals surface area contributed by atoms with Crippen molar-refractivity contribution in [2.24, 2.45) is 0 Å². The summed E-state index contributed by atoms with van der Waals surface area (Å²) in [5.41, 5.74) is 2.22. The van der Waals surface area contributed by atoms with Crippen LogP contribution in [-0.4, -0.2) is 30.1 Å². The lowest BCUT2D eigenvalue weighted by Crippen LogP contribution is -2.42. The molecule has 1 unspecified atom stereocenters. The van der Waals surface area contributed by atoms with Crippen molar-refractivity contribution in [1.82, 2.24) is 5.32 Å². The SMILES string of the molecule is CCCCCCCCCCCCCCCc1cccc(OC)c1C(=O)NC(Cc1ccccc1)C(=O)O. The van der Waals surface area contributed by atoms with Gasteiger partial charge in [-0.25, -0.2) is 4.79 Å². The first-order chi connectivity index (χ1) is 18.1. The van der Waals surface area contributed by atoms with E-state index in [9.17, 15) is 14.7 Å². The maximum atomic E-state index is 13.2. The second-order valence-electron chi connectivity index (χ2n) is 10.0. The fourth-order valence-corrected chi connectivity index (χ4v) is 4.83. The standard InChI is InChI=1S/C32H47NO4/c1-3-4-5-6-7-8-9-10-11-12-13-14-18-22-27-23-19-24-29(37-2)30(27)31(34)33-28(32(35)36)25-26-20-16-15-17-21-26/h15-17,19-21,23-24,28H,3-14,18,22,25H2,1-2H3,(H,33,34)(H,35,36). The molecule has 1 atom stereocenters. The van der Waals surface area contributed by atoms with Gasteiger partial charge in [0.1, 0.15) is 11.8 Å². The molecule has 5 nitrogen and oxygen atoms in total. The van der Waals surface area contributed by atoms with E-state index >= 15 is 0 Å². The summed E-state index contributed by atoms with van der Waals surface area (Å²) in [5, 5.41) is 12.4. The zero-order valence-corrected chi connectivity index (χ0v) is 23.0. The third-order valence-electron chi connectivity index (χ3n) is 7.00. The van der Waals surface area contributed by atoms with E-state index in [4.69, 9.17) is 4.74 Å². The summed E-state index contributed by atoms with van der Waals surface area (Å²) in [6, 6.07) is 13.9. The van der Waals surface area contributed by atoms with Crippen LogP contribution in [0.5, 0.6) is 5.75 Å². The highest BCUT2D eigenvalue weighted by atomic mass is 16.5. The third kappa shape index (κ3) is 11.8. The second-order valence-corrected chi connectivity index (χ2v) is 10.0. The molecule has 0 saturated carbocycles. The number of carboxylic acids is 1. The van der Waals surface area contributed by atoms with E-state index in [0.29, 0.717) is 11.3 Å². The van der Waals surface area contributed by atoms with Gasteiger partial charge in [0.2, 0.25) is 0 Å². The lowest BCUT2D eigenvalue weighted by molar-refractivity contribution is -0.139. The summed E-state index contributed by atoms with van der Waals surface area (Å²) in [6.45, 7) is 2.26. The molecule has 2 rings (SSSR count). The molecule has 5 heteroatoms. The lowest BCUT2D eigenvalue weighted by atomic mass is 9.98. The molecule has 0 saturated heterocycles. The molecule has 0 radical (unpaired) electrons. The number of hydrogen-bond acceptors (Lipinski definition) is 3. The second kappa shape index (κ2) is 18.4. The average molecular weight is 510 g/mol. The van der Waals surface area contributed by atoms with Gasteiger partial charge in [0.05, 0.1) is 12.7 Å². The highest BCUT2D eigenvalue weighted by molar-refractivity contribution is 6.00. The molecule has 0 spiro atoms. The number of aliphatic carboxylic acids is 1. The van der Waals surface area contributed by atoms with Gasteiger partial charge in [-0.2, -0.15) is 0 Å². The van der Waals surface area contributed by atoms with E-state index in [1.54, 1.807) is 13.2 Å². The quantitative estimate of drug-likeness (QED) is 0.179. The number of hydrogen-bond donors (Lipinski definition) is 2. The zero-order valence-electron chi connectivity index (χ0n) is 23.0. The van der Waals surface area contributed by atoms with Crippen LogP contribution < -0.4 is 10.1 Å². The van der Waals surface area contributed by atoms with E-state index in [1.807, 2.05) is 42.5 Å². The number of aryl methyl sites for hydroxylation is 1. The molecule has 0 bridgehead atoms. The Morgan fingerprint density at radius 1 is 0.784 bits per heavy atom. The predicted octanol–water partition coefficient (Wildman–Crippen LogP) is 7.75. The average Bonchev–Trinajstić information content (AvgIpc) is 2.91. The third-order valence-corrected chi connectivity index (χ3v) is 7.00. The van der Waals surface area contributed by atoms with Crippen LogP contribution in [0.25, 0.3) is 0 Å². The van der Waals surface area contributed by atoms with Crippen molar-refractivity contribution in [3.8, 4) is 5.75 Å². The highest BCUT2D eigenvalue weighted by Crippen LogP contribution is 2.25. The number of carboxylic acid groups (broad SMARTS) is 1. The normalized spacial score (nSPS) is 11.7. The number of unbranched alkanes of at least 4 members (excludes halogenated alkanes) is 12. The summed E-state index contributed by atoms with van der Waals surface area (Å²) in [6.07, 6.45) is 17.8. The van der Waals surface area contributed by atoms with Gasteiger partial charge >= 0.3 is 5.97 Å². The van der Waals surface area contributed by atoms with Gasteiger partial charge in [-0.3, -0.25) is 4.79 Å². The lowest BCUT2D eigenvalue weighted by Gasteiger charge is -2.18. The van der Waals surface area contributed by atoms with Gasteiger partial charge in [0, 0.05) is 6.42 Å². The molecule has 1 amide bonds. The number of carbonyl (C=O) groups is 2. The summed E-state index contributed by atoms with van der Waals surface area (Å²) < 4.78 is 5.48. The highest BCUT2D eigenvalue weighted by Gasteiger charge is 2.24. The molecule has 2 aromatic carbocycles. The van der Waals surface area contributed by atoms with Crippen LogP contribution in [0.15, 0.2) is 48.5 Å². The van der Waals surface area contributed by atoms with E-state index in [1.165, 1.54) is 70.6 Å². The first kappa shape index (κ1) is 30.4. The van der Waals surface area contributed by atoms with Crippen molar-refractivity contribution in [1.29, 1.82) is 0 Å². The first-order valence-electron chi connectivity index (χ1n) is 14.3. The van der Waals surface area contributed by atoms with Crippen molar-refractivity contribution in [3.63, 3.8) is 0 Å². The number of methoxy groups -OCH3 is 1. The monoisotopic (exact) mass is 509 g/mol. The topological polar surface area (TPSA) is 75.6 Å². The van der Waals surface area contributed by atoms with Gasteiger partial charge in [-0.1, -0.05) is 126 Å². The number of ether oxygens (including phenoxy) is 1. The van der Waals surface area contributed by atoms with Crippen LogP contribution in [0.4, 0.5) is 0 Å². The first-order valence-corrected chi connectivity index (χ1v) is 14.3. The number of rotatable bonds is 20. The Kier molecular flexibility index (Phi) is 15.1. The molecule has 2 N–H and O–H groups in total. The maximum absolute atomic E-state index is 13.2. The molecule has 2 aromatic rings. The van der Waals surface area contributed by atoms with Crippen molar-refractivity contribution < 1.29 is 19.4 Å². The van der Waals surface area contributed by atoms with E-state index in [2.05, 4.69) is 12.2 Å². The van der Waals surface area contributed by atoms with Gasteiger partial charge in [0.15, 0.2) is 0 Å². The number of benzene rings is 2. The molecule has 0 aromatic heterocycles. The molecular weight excluding hydrogens is 462 g/mol. The Hall–Kier alpha value is -2.82. The molecule has 0 heterocycles. The van der Waals surface area contributed by atoms with Crippen molar-refractivity contribution >= 4 is 11.9 Å². The van der Waals surface area contributed by atoms with Gasteiger partial charge < -0.3 is 15.2 Å². The smallest absolute Gasteiger partial charge is 0.326 e. The Balaban J connectivity index is 1.79. The summed E-state index contributed by atoms with van der Waals surface area (Å²) in [5.74, 6) is -0.968. The Morgan fingerprint density at radius 2 is 1.35 bits per heavy atom. The Morgan fingerprint density at radius 3 is 1.89 bits per heavy atom. The fraction of sp³-hybridized carbons (Fsp3) is 0.562. The van der Waals surface area contributed by atoms with Crippen LogP contribution in [0, 0.1) is 0 Å². The minimum Gasteiger partial charge on any atom is -0.496 e. The summed E-state index contributed by atoms with van der Waals surface area (Å²) >= 11 is 0. The maximum Gasteiger partial charge on any atom is 0.326 e. The van der Waals surface area contributed by atoms with Crippen LogP contribution in [0.3, 0.4) is 0 Å². The number of amides is 1. The fourth-order valence-electron chi connectivity index (χ4n) is 4.83. The van der Waals surface area contributed by atoms with Crippen LogP contribution in [-0.2, 0) is 17.6 Å². The van der Waals surface area contributed by atoms with Crippen LogP contribution >= 0.6 is 0 Å². The number of nitrogens with one attached hydrogen (secondary N) is 1. The summed E-state index contributed by atoms with van der Waals surface area (Å²) in [4.78, 5) is 25.1. The molecular formula is C32H47NO4. The van der Waals surface area contributed by atoms with Crippen molar-refractivity contribution in [2.45, 2.75) is 109 Å². The van der Waals surface area contributed by atoms with Crippen LogP contribution in [0.2, 0.25) is 0 Å². The molecule has 0 aliphatic carbocycles. The van der Waals surface area contributed by atoms with Gasteiger partial charge in [-0.05, 0) is 30.0 Å². The molecule has 204 valence electrons. The molecule has 0 aliphatic heterocycles. The number of carbonyl (C=O) groups excluding carboxylic acids is 1. The van der Waals surface area contributed by atoms with E-state index < -0.39 is 17.9 Å². The minimum atomic E-state index is -1.05. The van der Waals surface area contributed by atoms with Gasteiger partial charge in [0.25, 0.3) is 5.91 Å². The van der Waals surface area contributed by atoms with Crippen molar-refractivity contribution in [3.05, 3.63) is 65.2 Å². The van der Waals surface area contributed by atoms with Crippen LogP contribution in [0.1, 0.15) is 112 Å². The van der Waals surface area contributed by atoms with Crippen molar-refractivity contribution in [2.75, 3.05) is 7.11 Å². The Bertz CT molecular complexity index is 912. The zero-order chi connectivity index (χ0) is 26.7. The molecule has 37 heavy (non-hydrogen) atoms. The molecule has 0 fully saturated rings. The predicted molar refractivity (Wildman–Crippen MR) is 151 cm³/mol. The molecule has 0 aliphatic rings.